The highest BCUT2D eigenvalue weighted by atomic mass is 35.5. The van der Waals surface area contributed by atoms with E-state index in [9.17, 15) is 13.2 Å². The van der Waals surface area contributed by atoms with E-state index in [1.54, 1.807) is 109 Å². The molecule has 37 heavy (non-hydrogen) atoms. The van der Waals surface area contributed by atoms with Crippen LogP contribution in [0.25, 0.3) is 17.0 Å². The Hall–Kier alpha value is -4.41. The molecule has 0 aliphatic carbocycles. The summed E-state index contributed by atoms with van der Waals surface area (Å²) in [6.45, 7) is 0. The number of imidazole rings is 1. The lowest BCUT2D eigenvalue weighted by Gasteiger charge is -2.18. The fourth-order valence-corrected chi connectivity index (χ4v) is 4.84. The third-order valence-electron chi connectivity index (χ3n) is 5.56. The van der Waals surface area contributed by atoms with Gasteiger partial charge in [-0.1, -0.05) is 41.9 Å². The van der Waals surface area contributed by atoms with E-state index in [1.807, 2.05) is 0 Å². The molecule has 0 aliphatic rings. The first-order valence-corrected chi connectivity index (χ1v) is 13.0. The van der Waals surface area contributed by atoms with Crippen LogP contribution in [0.15, 0.2) is 97.3 Å². The van der Waals surface area contributed by atoms with Crippen molar-refractivity contribution in [2.75, 3.05) is 21.4 Å². The van der Waals surface area contributed by atoms with Crippen LogP contribution in [0.2, 0.25) is 5.02 Å². The zero-order chi connectivity index (χ0) is 26.0. The van der Waals surface area contributed by atoms with Gasteiger partial charge < -0.3 is 4.90 Å². The Balaban J connectivity index is 1.46. The Morgan fingerprint density at radius 3 is 2.22 bits per heavy atom. The molecule has 186 valence electrons. The molecule has 5 rings (SSSR count). The lowest BCUT2D eigenvalue weighted by molar-refractivity contribution is 0.0988. The van der Waals surface area contributed by atoms with Gasteiger partial charge in [-0.3, -0.25) is 18.6 Å². The van der Waals surface area contributed by atoms with Crippen LogP contribution in [-0.4, -0.2) is 35.7 Å². The summed E-state index contributed by atoms with van der Waals surface area (Å²) in [6.07, 6.45) is 3.32. The monoisotopic (exact) mass is 532 g/mol. The summed E-state index contributed by atoms with van der Waals surface area (Å²) in [6, 6.07) is 23.8. The number of aromatic nitrogens is 3. The van der Waals surface area contributed by atoms with Crippen LogP contribution >= 0.6 is 11.6 Å². The second-order valence-electron chi connectivity index (χ2n) is 8.09. The van der Waals surface area contributed by atoms with Crippen LogP contribution in [0.3, 0.4) is 0 Å². The minimum atomic E-state index is -3.85. The second-order valence-corrected chi connectivity index (χ2v) is 9.94. The fourth-order valence-electron chi connectivity index (χ4n) is 3.77. The van der Waals surface area contributed by atoms with Gasteiger partial charge in [0.25, 0.3) is 5.91 Å². The van der Waals surface area contributed by atoms with Crippen molar-refractivity contribution < 1.29 is 13.2 Å². The number of benzene rings is 3. The smallest absolute Gasteiger partial charge is 0.310 e. The highest BCUT2D eigenvalue weighted by Gasteiger charge is 2.25. The Morgan fingerprint density at radius 1 is 0.892 bits per heavy atom. The SMILES string of the molecule is CN(C(=O)c1c(-c2ccc(NS(=O)(=O)Nc3ccccc3)cc2)nc2ncccn12)c1ccc(Cl)cc1. The molecule has 0 fully saturated rings. The van der Waals surface area contributed by atoms with Gasteiger partial charge >= 0.3 is 10.2 Å². The molecule has 0 radical (unpaired) electrons. The Labute approximate surface area is 218 Å². The number of nitrogens with one attached hydrogen (secondary N) is 2. The molecule has 0 atom stereocenters. The maximum Gasteiger partial charge on any atom is 0.321 e. The van der Waals surface area contributed by atoms with Crippen molar-refractivity contribution >= 4 is 50.6 Å². The van der Waals surface area contributed by atoms with Crippen LogP contribution in [0.5, 0.6) is 0 Å². The van der Waals surface area contributed by atoms with E-state index < -0.39 is 10.2 Å². The second kappa shape index (κ2) is 9.92. The molecule has 3 aromatic carbocycles. The van der Waals surface area contributed by atoms with Crippen molar-refractivity contribution in [1.29, 1.82) is 0 Å². The Kier molecular flexibility index (Phi) is 6.51. The molecule has 5 aromatic rings. The molecule has 0 saturated heterocycles. The van der Waals surface area contributed by atoms with Gasteiger partial charge in [-0.25, -0.2) is 9.97 Å². The molecule has 0 bridgehead atoms. The van der Waals surface area contributed by atoms with Crippen LogP contribution in [-0.2, 0) is 10.2 Å². The van der Waals surface area contributed by atoms with Gasteiger partial charge in [-0.15, -0.1) is 0 Å². The zero-order valence-corrected chi connectivity index (χ0v) is 21.1. The first kappa shape index (κ1) is 24.3. The van der Waals surface area contributed by atoms with E-state index >= 15 is 0 Å². The molecule has 0 unspecified atom stereocenters. The summed E-state index contributed by atoms with van der Waals surface area (Å²) in [4.78, 5) is 24.0. The molecule has 9 nitrogen and oxygen atoms in total. The molecule has 2 heterocycles. The minimum Gasteiger partial charge on any atom is -0.310 e. The zero-order valence-electron chi connectivity index (χ0n) is 19.5. The average Bonchev–Trinajstić information content (AvgIpc) is 3.28. The number of para-hydroxylation sites is 1. The number of amides is 1. The van der Waals surface area contributed by atoms with Crippen molar-refractivity contribution in [3.8, 4) is 11.3 Å². The van der Waals surface area contributed by atoms with Crippen LogP contribution in [0, 0.1) is 0 Å². The van der Waals surface area contributed by atoms with Gasteiger partial charge in [-0.2, -0.15) is 8.42 Å². The largest absolute Gasteiger partial charge is 0.321 e. The number of hydrogen-bond acceptors (Lipinski definition) is 5. The number of nitrogens with zero attached hydrogens (tertiary/aromatic N) is 4. The van der Waals surface area contributed by atoms with E-state index in [2.05, 4.69) is 19.4 Å². The molecule has 11 heteroatoms. The average molecular weight is 533 g/mol. The van der Waals surface area contributed by atoms with E-state index in [0.717, 1.165) is 0 Å². The van der Waals surface area contributed by atoms with Crippen LogP contribution < -0.4 is 14.3 Å². The number of carbonyl (C=O) groups is 1. The van der Waals surface area contributed by atoms with Gasteiger partial charge in [0, 0.05) is 35.7 Å². The van der Waals surface area contributed by atoms with Crippen molar-refractivity contribution in [2.45, 2.75) is 0 Å². The topological polar surface area (TPSA) is 109 Å². The third kappa shape index (κ3) is 5.25. The molecule has 0 aliphatic heterocycles. The molecule has 1 amide bonds. The third-order valence-corrected chi connectivity index (χ3v) is 6.82. The highest BCUT2D eigenvalue weighted by Crippen LogP contribution is 2.28. The first-order valence-electron chi connectivity index (χ1n) is 11.1. The van der Waals surface area contributed by atoms with Crippen molar-refractivity contribution in [3.63, 3.8) is 0 Å². The standard InChI is InChI=1S/C26H21ClN6O3S/c1-32(22-14-10-19(27)11-15-22)25(34)24-23(29-26-28-16-5-17-33(24)26)18-8-12-21(13-9-18)31-37(35,36)30-20-6-3-2-4-7-20/h2-17,30-31H,1H3. The molecule has 0 spiro atoms. The van der Waals surface area contributed by atoms with E-state index in [4.69, 9.17) is 11.6 Å². The van der Waals surface area contributed by atoms with E-state index in [1.165, 1.54) is 4.90 Å². The summed E-state index contributed by atoms with van der Waals surface area (Å²) >= 11 is 6.00. The summed E-state index contributed by atoms with van der Waals surface area (Å²) in [7, 11) is -2.18. The van der Waals surface area contributed by atoms with Gasteiger partial charge in [0.05, 0.1) is 11.4 Å². The number of anilines is 3. The van der Waals surface area contributed by atoms with E-state index in [0.29, 0.717) is 44.8 Å². The fraction of sp³-hybridized carbons (Fsp3) is 0.0385. The summed E-state index contributed by atoms with van der Waals surface area (Å²) in [5.74, 6) is 0.0665. The summed E-state index contributed by atoms with van der Waals surface area (Å²) < 4.78 is 31.6. The number of rotatable bonds is 7. The molecular formula is C26H21ClN6O3S. The normalized spacial score (nSPS) is 11.3. The maximum atomic E-state index is 13.6. The Morgan fingerprint density at radius 2 is 1.54 bits per heavy atom. The van der Waals surface area contributed by atoms with Gasteiger partial charge in [0.2, 0.25) is 5.78 Å². The van der Waals surface area contributed by atoms with Gasteiger partial charge in [-0.05, 0) is 54.6 Å². The minimum absolute atomic E-state index is 0.297. The highest BCUT2D eigenvalue weighted by molar-refractivity contribution is 7.94. The van der Waals surface area contributed by atoms with Crippen LogP contribution in [0.4, 0.5) is 17.1 Å². The predicted molar refractivity (Wildman–Crippen MR) is 145 cm³/mol. The molecule has 2 N–H and O–H groups in total. The van der Waals surface area contributed by atoms with Crippen molar-refractivity contribution in [3.05, 3.63) is 108 Å². The Bertz CT molecular complexity index is 1670. The van der Waals surface area contributed by atoms with Gasteiger partial charge in [0.1, 0.15) is 11.4 Å². The summed E-state index contributed by atoms with van der Waals surface area (Å²) in [5, 5.41) is 0.568. The number of halogens is 1. The molecular weight excluding hydrogens is 512 g/mol. The summed E-state index contributed by atoms with van der Waals surface area (Å²) in [5.41, 5.74) is 2.81. The lowest BCUT2D eigenvalue weighted by atomic mass is 10.1. The quantitative estimate of drug-likeness (QED) is 0.303. The molecule has 0 saturated carbocycles. The van der Waals surface area contributed by atoms with Crippen molar-refractivity contribution in [2.24, 2.45) is 0 Å². The van der Waals surface area contributed by atoms with Crippen molar-refractivity contribution in [1.82, 2.24) is 14.4 Å². The molecule has 2 aromatic heterocycles. The van der Waals surface area contributed by atoms with Gasteiger partial charge in [0.15, 0.2) is 0 Å². The predicted octanol–water partition coefficient (Wildman–Crippen LogP) is 5.10. The van der Waals surface area contributed by atoms with Crippen LogP contribution in [0.1, 0.15) is 10.5 Å². The maximum absolute atomic E-state index is 13.6. The van der Waals surface area contributed by atoms with E-state index in [-0.39, 0.29) is 5.91 Å². The number of fused-ring (bicyclic) bond motifs is 1. The lowest BCUT2D eigenvalue weighted by Crippen LogP contribution is -2.28. The number of hydrogen-bond donors (Lipinski definition) is 2. The number of carbonyl (C=O) groups excluding carboxylic acids is 1. The first-order chi connectivity index (χ1) is 17.8.